The van der Waals surface area contributed by atoms with E-state index in [1.807, 2.05) is 36.2 Å². The molecule has 0 saturated heterocycles. The highest BCUT2D eigenvalue weighted by atomic mass is 32.1. The zero-order chi connectivity index (χ0) is 14.7. The van der Waals surface area contributed by atoms with Crippen molar-refractivity contribution in [2.45, 2.75) is 26.4 Å². The summed E-state index contributed by atoms with van der Waals surface area (Å²) in [7, 11) is 3.63. The Balaban J connectivity index is 2.35. The van der Waals surface area contributed by atoms with Gasteiger partial charge >= 0.3 is 0 Å². The number of nitrogens with zero attached hydrogens (tertiary/aromatic N) is 2. The molecule has 2 rings (SSSR count). The first-order chi connectivity index (χ1) is 9.56. The third-order valence-electron chi connectivity index (χ3n) is 3.13. The molecule has 0 bridgehead atoms. The minimum absolute atomic E-state index is 0.0388. The summed E-state index contributed by atoms with van der Waals surface area (Å²) in [5.41, 5.74) is 1.99. The largest absolute Gasteiger partial charge is 0.497 e. The molecule has 1 aromatic carbocycles. The van der Waals surface area contributed by atoms with Gasteiger partial charge in [-0.15, -0.1) is 0 Å². The van der Waals surface area contributed by atoms with E-state index in [2.05, 4.69) is 18.8 Å². The lowest BCUT2D eigenvalue weighted by molar-refractivity contribution is 0.283. The van der Waals surface area contributed by atoms with Gasteiger partial charge in [-0.3, -0.25) is 0 Å². The summed E-state index contributed by atoms with van der Waals surface area (Å²) in [5.74, 6) is 1.12. The van der Waals surface area contributed by atoms with Crippen LogP contribution in [-0.2, 0) is 6.61 Å². The Bertz CT molecular complexity index is 581. The third-order valence-corrected chi connectivity index (χ3v) is 4.27. The van der Waals surface area contributed by atoms with Crippen LogP contribution in [0.4, 0.5) is 10.8 Å². The van der Waals surface area contributed by atoms with E-state index in [1.54, 1.807) is 7.11 Å². The standard InChI is InChI=1S/C15H20N2O2S/c1-10(2)14-13(9-18)20-15(16-14)17(3)11-6-5-7-12(8-11)19-4/h5-8,10,18H,9H2,1-4H3. The Kier molecular flexibility index (Phi) is 4.62. The molecular weight excluding hydrogens is 272 g/mol. The van der Waals surface area contributed by atoms with Gasteiger partial charge in [0.15, 0.2) is 5.13 Å². The molecule has 1 aromatic heterocycles. The van der Waals surface area contributed by atoms with Crippen LogP contribution in [0.1, 0.15) is 30.3 Å². The topological polar surface area (TPSA) is 45.6 Å². The summed E-state index contributed by atoms with van der Waals surface area (Å²) in [6, 6.07) is 7.85. The van der Waals surface area contributed by atoms with E-state index in [9.17, 15) is 5.11 Å². The molecule has 0 atom stereocenters. The minimum atomic E-state index is 0.0388. The van der Waals surface area contributed by atoms with E-state index in [0.29, 0.717) is 5.92 Å². The van der Waals surface area contributed by atoms with E-state index in [1.165, 1.54) is 11.3 Å². The van der Waals surface area contributed by atoms with Crippen LogP contribution < -0.4 is 9.64 Å². The SMILES string of the molecule is COc1cccc(N(C)c2nc(C(C)C)c(CO)s2)c1. The predicted molar refractivity (Wildman–Crippen MR) is 83.2 cm³/mol. The number of ether oxygens (including phenoxy) is 1. The zero-order valence-corrected chi connectivity index (χ0v) is 13.1. The fraction of sp³-hybridized carbons (Fsp3) is 0.400. The summed E-state index contributed by atoms with van der Waals surface area (Å²) in [6.45, 7) is 4.21. The summed E-state index contributed by atoms with van der Waals surface area (Å²) in [6.07, 6.45) is 0. The fourth-order valence-corrected chi connectivity index (χ4v) is 3.05. The highest BCUT2D eigenvalue weighted by Gasteiger charge is 2.17. The number of anilines is 2. The van der Waals surface area contributed by atoms with Crippen LogP contribution in [0.25, 0.3) is 0 Å². The highest BCUT2D eigenvalue weighted by molar-refractivity contribution is 7.15. The lowest BCUT2D eigenvalue weighted by Crippen LogP contribution is -2.09. The first-order valence-electron chi connectivity index (χ1n) is 6.55. The number of aliphatic hydroxyl groups excluding tert-OH is 1. The molecule has 5 heteroatoms. The molecule has 0 aliphatic heterocycles. The molecule has 0 aliphatic carbocycles. The van der Waals surface area contributed by atoms with Gasteiger partial charge in [0.2, 0.25) is 0 Å². The smallest absolute Gasteiger partial charge is 0.190 e. The van der Waals surface area contributed by atoms with Gasteiger partial charge in [0.05, 0.1) is 24.3 Å². The quantitative estimate of drug-likeness (QED) is 0.915. The molecule has 0 saturated carbocycles. The van der Waals surface area contributed by atoms with E-state index in [4.69, 9.17) is 4.74 Å². The van der Waals surface area contributed by atoms with Crippen molar-refractivity contribution in [1.82, 2.24) is 4.98 Å². The summed E-state index contributed by atoms with van der Waals surface area (Å²) < 4.78 is 5.25. The van der Waals surface area contributed by atoms with Gasteiger partial charge in [-0.25, -0.2) is 4.98 Å². The van der Waals surface area contributed by atoms with Gasteiger partial charge < -0.3 is 14.7 Å². The van der Waals surface area contributed by atoms with E-state index in [-0.39, 0.29) is 6.61 Å². The Morgan fingerprint density at radius 1 is 1.40 bits per heavy atom. The first-order valence-corrected chi connectivity index (χ1v) is 7.36. The summed E-state index contributed by atoms with van der Waals surface area (Å²) in [4.78, 5) is 7.60. The van der Waals surface area contributed by atoms with Gasteiger partial charge in [0.1, 0.15) is 5.75 Å². The molecule has 0 unspecified atom stereocenters. The van der Waals surface area contributed by atoms with E-state index < -0.39 is 0 Å². The van der Waals surface area contributed by atoms with Crippen LogP contribution in [0.15, 0.2) is 24.3 Å². The fourth-order valence-electron chi connectivity index (χ4n) is 1.99. The molecule has 0 amide bonds. The van der Waals surface area contributed by atoms with Crippen molar-refractivity contribution in [3.05, 3.63) is 34.8 Å². The van der Waals surface area contributed by atoms with Crippen LogP contribution in [0.5, 0.6) is 5.75 Å². The average molecular weight is 292 g/mol. The number of aliphatic hydroxyl groups is 1. The molecule has 1 heterocycles. The second-order valence-corrected chi connectivity index (χ2v) is 5.94. The minimum Gasteiger partial charge on any atom is -0.497 e. The van der Waals surface area contributed by atoms with E-state index in [0.717, 1.165) is 27.1 Å². The molecule has 2 aromatic rings. The molecule has 20 heavy (non-hydrogen) atoms. The molecular formula is C15H20N2O2S. The molecule has 1 N–H and O–H groups in total. The van der Waals surface area contributed by atoms with Crippen LogP contribution in [0.3, 0.4) is 0 Å². The van der Waals surface area contributed by atoms with Crippen molar-refractivity contribution < 1.29 is 9.84 Å². The predicted octanol–water partition coefficient (Wildman–Crippen LogP) is 3.54. The van der Waals surface area contributed by atoms with Crippen molar-refractivity contribution in [1.29, 1.82) is 0 Å². The average Bonchev–Trinajstić information content (AvgIpc) is 2.91. The van der Waals surface area contributed by atoms with Crippen molar-refractivity contribution in [3.63, 3.8) is 0 Å². The van der Waals surface area contributed by atoms with Crippen LogP contribution in [-0.4, -0.2) is 24.2 Å². The van der Waals surface area contributed by atoms with Crippen molar-refractivity contribution >= 4 is 22.2 Å². The van der Waals surface area contributed by atoms with Crippen LogP contribution >= 0.6 is 11.3 Å². The van der Waals surface area contributed by atoms with E-state index >= 15 is 0 Å². The van der Waals surface area contributed by atoms with Gasteiger partial charge in [0.25, 0.3) is 0 Å². The number of hydrogen-bond donors (Lipinski definition) is 1. The monoisotopic (exact) mass is 292 g/mol. The Labute approximate surface area is 123 Å². The number of aromatic nitrogens is 1. The normalized spacial score (nSPS) is 10.9. The van der Waals surface area contributed by atoms with Crippen molar-refractivity contribution in [3.8, 4) is 5.75 Å². The molecule has 0 fully saturated rings. The van der Waals surface area contributed by atoms with Crippen molar-refractivity contribution in [2.75, 3.05) is 19.1 Å². The summed E-state index contributed by atoms with van der Waals surface area (Å²) in [5, 5.41) is 10.3. The maximum Gasteiger partial charge on any atom is 0.190 e. The third kappa shape index (κ3) is 2.94. The first kappa shape index (κ1) is 14.8. The van der Waals surface area contributed by atoms with Crippen LogP contribution in [0.2, 0.25) is 0 Å². The number of rotatable bonds is 5. The zero-order valence-electron chi connectivity index (χ0n) is 12.3. The van der Waals surface area contributed by atoms with Gasteiger partial charge in [-0.1, -0.05) is 31.3 Å². The number of benzene rings is 1. The highest BCUT2D eigenvalue weighted by Crippen LogP contribution is 2.34. The summed E-state index contributed by atoms with van der Waals surface area (Å²) >= 11 is 1.53. The lowest BCUT2D eigenvalue weighted by atomic mass is 10.1. The van der Waals surface area contributed by atoms with Crippen LogP contribution in [0, 0.1) is 0 Å². The maximum atomic E-state index is 9.45. The lowest BCUT2D eigenvalue weighted by Gasteiger charge is -2.16. The maximum absolute atomic E-state index is 9.45. The molecule has 0 radical (unpaired) electrons. The van der Waals surface area contributed by atoms with Gasteiger partial charge in [-0.2, -0.15) is 0 Å². The van der Waals surface area contributed by atoms with Gasteiger partial charge in [0, 0.05) is 18.8 Å². The molecule has 108 valence electrons. The number of hydrogen-bond acceptors (Lipinski definition) is 5. The van der Waals surface area contributed by atoms with Crippen molar-refractivity contribution in [2.24, 2.45) is 0 Å². The second-order valence-electron chi connectivity index (χ2n) is 4.88. The second kappa shape index (κ2) is 6.24. The van der Waals surface area contributed by atoms with Gasteiger partial charge in [-0.05, 0) is 18.1 Å². The number of thiazole rings is 1. The Morgan fingerprint density at radius 2 is 2.15 bits per heavy atom. The molecule has 4 nitrogen and oxygen atoms in total. The Hall–Kier alpha value is -1.59. The number of methoxy groups -OCH3 is 1. The molecule has 0 spiro atoms. The molecule has 0 aliphatic rings. The Morgan fingerprint density at radius 3 is 2.70 bits per heavy atom.